The molecular formula is C19H22ClN3O. The highest BCUT2D eigenvalue weighted by Gasteiger charge is 2.26. The van der Waals surface area contributed by atoms with Gasteiger partial charge in [-0.1, -0.05) is 29.8 Å². The van der Waals surface area contributed by atoms with E-state index in [1.54, 1.807) is 0 Å². The molecule has 0 saturated carbocycles. The maximum Gasteiger partial charge on any atom is 0.242 e. The van der Waals surface area contributed by atoms with Crippen LogP contribution in [0.3, 0.4) is 0 Å². The van der Waals surface area contributed by atoms with Gasteiger partial charge in [0.1, 0.15) is 6.04 Å². The lowest BCUT2D eigenvalue weighted by molar-refractivity contribution is -0.122. The largest absolute Gasteiger partial charge is 0.398 e. The first-order valence-electron chi connectivity index (χ1n) is 8.22. The molecule has 126 valence electrons. The van der Waals surface area contributed by atoms with Gasteiger partial charge >= 0.3 is 0 Å². The fourth-order valence-electron chi connectivity index (χ4n) is 3.16. The number of nitrogens with two attached hydrogens (primary N) is 1. The van der Waals surface area contributed by atoms with E-state index in [-0.39, 0.29) is 11.9 Å². The summed E-state index contributed by atoms with van der Waals surface area (Å²) in [4.78, 5) is 14.7. The van der Waals surface area contributed by atoms with Crippen LogP contribution in [0.25, 0.3) is 0 Å². The molecule has 0 bridgehead atoms. The molecule has 1 amide bonds. The van der Waals surface area contributed by atoms with Gasteiger partial charge in [-0.05, 0) is 55.2 Å². The van der Waals surface area contributed by atoms with Crippen LogP contribution < -0.4 is 16.0 Å². The van der Waals surface area contributed by atoms with Crippen LogP contribution >= 0.6 is 11.6 Å². The fourth-order valence-corrected chi connectivity index (χ4v) is 3.29. The quantitative estimate of drug-likeness (QED) is 0.837. The molecule has 4 nitrogen and oxygen atoms in total. The third-order valence-corrected chi connectivity index (χ3v) is 4.80. The summed E-state index contributed by atoms with van der Waals surface area (Å²) >= 11 is 5.88. The van der Waals surface area contributed by atoms with E-state index in [9.17, 15) is 4.79 Å². The molecule has 0 aliphatic carbocycles. The van der Waals surface area contributed by atoms with Crippen molar-refractivity contribution in [3.05, 3.63) is 58.6 Å². The number of fused-ring (bicyclic) bond motifs is 1. The highest BCUT2D eigenvalue weighted by atomic mass is 35.5. The van der Waals surface area contributed by atoms with Gasteiger partial charge in [0.2, 0.25) is 5.91 Å². The monoisotopic (exact) mass is 343 g/mol. The summed E-state index contributed by atoms with van der Waals surface area (Å²) in [5.74, 6) is 0.0141. The number of rotatable bonds is 4. The third-order valence-electron chi connectivity index (χ3n) is 4.55. The van der Waals surface area contributed by atoms with E-state index in [1.165, 1.54) is 0 Å². The minimum absolute atomic E-state index is 0.0141. The highest BCUT2D eigenvalue weighted by Crippen LogP contribution is 2.32. The van der Waals surface area contributed by atoms with Crippen molar-refractivity contribution < 1.29 is 4.79 Å². The summed E-state index contributed by atoms with van der Waals surface area (Å²) in [7, 11) is 0. The molecule has 2 aromatic carbocycles. The number of carbonyl (C=O) groups excluding carboxylic acids is 1. The molecule has 1 unspecified atom stereocenters. The summed E-state index contributed by atoms with van der Waals surface area (Å²) in [6.07, 6.45) is 1.98. The van der Waals surface area contributed by atoms with Gasteiger partial charge in [0, 0.05) is 29.5 Å². The number of nitrogen functional groups attached to an aromatic ring is 1. The summed E-state index contributed by atoms with van der Waals surface area (Å²) in [5, 5.41) is 3.70. The van der Waals surface area contributed by atoms with Gasteiger partial charge < -0.3 is 16.0 Å². The SMILES string of the molecule is CC(C(=O)NCc1ccc(Cl)cc1)N1CCCc2c(N)cccc21. The Morgan fingerprint density at radius 2 is 2.04 bits per heavy atom. The molecule has 3 rings (SSSR count). The number of anilines is 2. The number of halogens is 1. The number of carbonyl (C=O) groups is 1. The number of nitrogens with zero attached hydrogens (tertiary/aromatic N) is 1. The molecule has 2 aromatic rings. The normalized spacial score (nSPS) is 14.8. The molecule has 0 aromatic heterocycles. The minimum atomic E-state index is -0.238. The van der Waals surface area contributed by atoms with Crippen molar-refractivity contribution in [3.8, 4) is 0 Å². The molecule has 1 aliphatic heterocycles. The summed E-state index contributed by atoms with van der Waals surface area (Å²) < 4.78 is 0. The van der Waals surface area contributed by atoms with Crippen molar-refractivity contribution in [2.45, 2.75) is 32.4 Å². The molecule has 1 aliphatic rings. The first-order valence-corrected chi connectivity index (χ1v) is 8.60. The Bertz CT molecular complexity index is 730. The van der Waals surface area contributed by atoms with Crippen LogP contribution in [0, 0.1) is 0 Å². The van der Waals surface area contributed by atoms with Gasteiger partial charge in [-0.25, -0.2) is 0 Å². The molecule has 3 N–H and O–H groups in total. The maximum absolute atomic E-state index is 12.6. The van der Waals surface area contributed by atoms with E-state index >= 15 is 0 Å². The van der Waals surface area contributed by atoms with Crippen LogP contribution in [-0.2, 0) is 17.8 Å². The summed E-state index contributed by atoms with van der Waals surface area (Å²) in [5.41, 5.74) is 10.2. The van der Waals surface area contributed by atoms with Crippen molar-refractivity contribution in [1.29, 1.82) is 0 Å². The zero-order valence-electron chi connectivity index (χ0n) is 13.8. The van der Waals surface area contributed by atoms with E-state index in [4.69, 9.17) is 17.3 Å². The van der Waals surface area contributed by atoms with Crippen molar-refractivity contribution in [3.63, 3.8) is 0 Å². The second kappa shape index (κ2) is 7.14. The number of amides is 1. The average Bonchev–Trinajstić information content (AvgIpc) is 2.60. The first kappa shape index (κ1) is 16.7. The highest BCUT2D eigenvalue weighted by molar-refractivity contribution is 6.30. The van der Waals surface area contributed by atoms with Gasteiger partial charge in [0.05, 0.1) is 0 Å². The summed E-state index contributed by atoms with van der Waals surface area (Å²) in [6.45, 7) is 3.30. The molecule has 24 heavy (non-hydrogen) atoms. The van der Waals surface area contributed by atoms with Crippen LogP contribution in [0.5, 0.6) is 0 Å². The molecule has 1 heterocycles. The van der Waals surface area contributed by atoms with Crippen molar-refractivity contribution in [1.82, 2.24) is 5.32 Å². The van der Waals surface area contributed by atoms with Crippen LogP contribution in [0.15, 0.2) is 42.5 Å². The van der Waals surface area contributed by atoms with E-state index in [0.717, 1.165) is 41.9 Å². The lowest BCUT2D eigenvalue weighted by Crippen LogP contribution is -2.47. The Kier molecular flexibility index (Phi) is 4.95. The summed E-state index contributed by atoms with van der Waals surface area (Å²) in [6, 6.07) is 13.2. The Hall–Kier alpha value is -2.20. The molecular weight excluding hydrogens is 322 g/mol. The second-order valence-corrected chi connectivity index (χ2v) is 6.60. The Morgan fingerprint density at radius 3 is 2.79 bits per heavy atom. The predicted octanol–water partition coefficient (Wildman–Crippen LogP) is 3.38. The average molecular weight is 344 g/mol. The van der Waals surface area contributed by atoms with E-state index in [1.807, 2.05) is 49.4 Å². The van der Waals surface area contributed by atoms with Gasteiger partial charge in [-0.2, -0.15) is 0 Å². The Morgan fingerprint density at radius 1 is 1.29 bits per heavy atom. The lowest BCUT2D eigenvalue weighted by atomic mass is 9.98. The standard InChI is InChI=1S/C19H22ClN3O/c1-13(19(24)22-12-14-7-9-15(20)10-8-14)23-11-3-4-16-17(21)5-2-6-18(16)23/h2,5-10,13H,3-4,11-12,21H2,1H3,(H,22,24). The Labute approximate surface area is 147 Å². The van der Waals surface area contributed by atoms with Crippen LogP contribution in [0.2, 0.25) is 5.02 Å². The van der Waals surface area contributed by atoms with Gasteiger partial charge in [0.25, 0.3) is 0 Å². The van der Waals surface area contributed by atoms with Crippen LogP contribution in [-0.4, -0.2) is 18.5 Å². The number of benzene rings is 2. The third kappa shape index (κ3) is 3.49. The first-order chi connectivity index (χ1) is 11.6. The smallest absolute Gasteiger partial charge is 0.242 e. The maximum atomic E-state index is 12.6. The molecule has 0 fully saturated rings. The van der Waals surface area contributed by atoms with E-state index in [0.29, 0.717) is 11.6 Å². The molecule has 0 radical (unpaired) electrons. The van der Waals surface area contributed by atoms with Crippen LogP contribution in [0.4, 0.5) is 11.4 Å². The zero-order valence-corrected chi connectivity index (χ0v) is 14.5. The van der Waals surface area contributed by atoms with E-state index in [2.05, 4.69) is 10.2 Å². The zero-order chi connectivity index (χ0) is 17.1. The van der Waals surface area contributed by atoms with Crippen molar-refractivity contribution in [2.24, 2.45) is 0 Å². The second-order valence-electron chi connectivity index (χ2n) is 6.16. The molecule has 0 saturated heterocycles. The van der Waals surface area contributed by atoms with Gasteiger partial charge in [-0.3, -0.25) is 4.79 Å². The number of nitrogens with one attached hydrogen (secondary N) is 1. The van der Waals surface area contributed by atoms with Crippen molar-refractivity contribution in [2.75, 3.05) is 17.2 Å². The molecule has 0 spiro atoms. The predicted molar refractivity (Wildman–Crippen MR) is 99.3 cm³/mol. The molecule has 1 atom stereocenters. The number of hydrogen-bond acceptors (Lipinski definition) is 3. The topological polar surface area (TPSA) is 58.4 Å². The Balaban J connectivity index is 1.68. The van der Waals surface area contributed by atoms with Crippen LogP contribution in [0.1, 0.15) is 24.5 Å². The van der Waals surface area contributed by atoms with Crippen molar-refractivity contribution >= 4 is 28.9 Å². The number of hydrogen-bond donors (Lipinski definition) is 2. The minimum Gasteiger partial charge on any atom is -0.398 e. The van der Waals surface area contributed by atoms with Gasteiger partial charge in [0.15, 0.2) is 0 Å². The fraction of sp³-hybridized carbons (Fsp3) is 0.316. The lowest BCUT2D eigenvalue weighted by Gasteiger charge is -2.36. The molecule has 5 heteroatoms. The van der Waals surface area contributed by atoms with Gasteiger partial charge in [-0.15, -0.1) is 0 Å². The van der Waals surface area contributed by atoms with E-state index < -0.39 is 0 Å².